The van der Waals surface area contributed by atoms with Gasteiger partial charge in [-0.25, -0.2) is 0 Å². The van der Waals surface area contributed by atoms with Crippen molar-refractivity contribution in [1.29, 1.82) is 0 Å². The van der Waals surface area contributed by atoms with Crippen molar-refractivity contribution in [1.82, 2.24) is 5.32 Å². The monoisotopic (exact) mass is 292 g/mol. The molecule has 4 nitrogen and oxygen atoms in total. The van der Waals surface area contributed by atoms with Crippen LogP contribution in [0.2, 0.25) is 0 Å². The van der Waals surface area contributed by atoms with Crippen LogP contribution in [0, 0.1) is 5.92 Å². The molecule has 0 radical (unpaired) electrons. The lowest BCUT2D eigenvalue weighted by Gasteiger charge is -2.09. The molecule has 0 heterocycles. The molecular weight excluding hydrogens is 264 g/mol. The van der Waals surface area contributed by atoms with E-state index in [9.17, 15) is 4.79 Å². The fraction of sp³-hybridized carbons (Fsp3) is 0.588. The highest BCUT2D eigenvalue weighted by Crippen LogP contribution is 2.09. The largest absolute Gasteiger partial charge is 0.385 e. The Morgan fingerprint density at radius 2 is 1.90 bits per heavy atom. The first-order valence-electron chi connectivity index (χ1n) is 7.83. The molecule has 1 rings (SSSR count). The zero-order chi connectivity index (χ0) is 15.5. The molecule has 0 aliphatic carbocycles. The van der Waals surface area contributed by atoms with Gasteiger partial charge in [-0.1, -0.05) is 20.8 Å². The number of rotatable bonds is 10. The van der Waals surface area contributed by atoms with E-state index in [4.69, 9.17) is 4.74 Å². The Morgan fingerprint density at radius 1 is 1.19 bits per heavy atom. The molecule has 0 saturated heterocycles. The lowest BCUT2D eigenvalue weighted by Crippen LogP contribution is -2.25. The number of hydrogen-bond acceptors (Lipinski definition) is 3. The summed E-state index contributed by atoms with van der Waals surface area (Å²) in [4.78, 5) is 11.9. The minimum absolute atomic E-state index is 0.0269. The summed E-state index contributed by atoms with van der Waals surface area (Å²) in [6.45, 7) is 9.44. The Kier molecular flexibility index (Phi) is 8.51. The Labute approximate surface area is 128 Å². The molecule has 0 aromatic heterocycles. The molecular formula is C17H28N2O2. The summed E-state index contributed by atoms with van der Waals surface area (Å²) in [6, 6.07) is 7.58. The second-order valence-corrected chi connectivity index (χ2v) is 5.58. The van der Waals surface area contributed by atoms with E-state index < -0.39 is 0 Å². The third-order valence-electron chi connectivity index (χ3n) is 2.93. The highest BCUT2D eigenvalue weighted by molar-refractivity contribution is 5.94. The molecule has 0 aliphatic rings. The summed E-state index contributed by atoms with van der Waals surface area (Å²) in [5.74, 6) is 0.528. The van der Waals surface area contributed by atoms with Gasteiger partial charge >= 0.3 is 0 Å². The van der Waals surface area contributed by atoms with Crippen LogP contribution in [0.15, 0.2) is 24.3 Å². The van der Waals surface area contributed by atoms with Crippen LogP contribution in [-0.2, 0) is 4.74 Å². The highest BCUT2D eigenvalue weighted by atomic mass is 16.5. The van der Waals surface area contributed by atoms with Gasteiger partial charge in [0.15, 0.2) is 0 Å². The van der Waals surface area contributed by atoms with E-state index in [1.165, 1.54) is 0 Å². The first kappa shape index (κ1) is 17.5. The number of anilines is 1. The van der Waals surface area contributed by atoms with Crippen molar-refractivity contribution in [3.05, 3.63) is 29.8 Å². The third kappa shape index (κ3) is 7.71. The summed E-state index contributed by atoms with van der Waals surface area (Å²) in [7, 11) is 0. The molecule has 4 heteroatoms. The first-order valence-corrected chi connectivity index (χ1v) is 7.83. The predicted molar refractivity (Wildman–Crippen MR) is 87.8 cm³/mol. The number of carbonyl (C=O) groups is 1. The van der Waals surface area contributed by atoms with Gasteiger partial charge in [-0.2, -0.15) is 0 Å². The molecule has 21 heavy (non-hydrogen) atoms. The molecule has 0 spiro atoms. The van der Waals surface area contributed by atoms with Gasteiger partial charge in [0.05, 0.1) is 0 Å². The zero-order valence-electron chi connectivity index (χ0n) is 13.4. The lowest BCUT2D eigenvalue weighted by molar-refractivity contribution is 0.0925. The number of nitrogens with one attached hydrogen (secondary N) is 2. The van der Waals surface area contributed by atoms with E-state index in [-0.39, 0.29) is 5.91 Å². The molecule has 0 bridgehead atoms. The fourth-order valence-electron chi connectivity index (χ4n) is 1.81. The van der Waals surface area contributed by atoms with Crippen LogP contribution in [0.3, 0.4) is 0 Å². The summed E-state index contributed by atoms with van der Waals surface area (Å²) in [6.07, 6.45) is 1.93. The number of carbonyl (C=O) groups excluding carboxylic acids is 1. The smallest absolute Gasteiger partial charge is 0.251 e. The maximum Gasteiger partial charge on any atom is 0.251 e. The predicted octanol–water partition coefficient (Wildman–Crippen LogP) is 3.30. The second-order valence-electron chi connectivity index (χ2n) is 5.58. The minimum Gasteiger partial charge on any atom is -0.385 e. The molecule has 0 aliphatic heterocycles. The maximum absolute atomic E-state index is 11.9. The number of hydrogen-bond donors (Lipinski definition) is 2. The van der Waals surface area contributed by atoms with Gasteiger partial charge in [0.25, 0.3) is 5.91 Å². The molecule has 0 saturated carbocycles. The zero-order valence-corrected chi connectivity index (χ0v) is 13.4. The second kappa shape index (κ2) is 10.2. The Hall–Kier alpha value is -1.55. The Morgan fingerprint density at radius 3 is 2.52 bits per heavy atom. The number of benzene rings is 1. The Balaban J connectivity index is 2.22. The highest BCUT2D eigenvalue weighted by Gasteiger charge is 2.04. The minimum atomic E-state index is -0.0269. The van der Waals surface area contributed by atoms with E-state index in [1.54, 1.807) is 0 Å². The van der Waals surface area contributed by atoms with Crippen molar-refractivity contribution >= 4 is 11.6 Å². The van der Waals surface area contributed by atoms with Crippen LogP contribution in [-0.4, -0.2) is 32.2 Å². The SMILES string of the molecule is CCCNc1ccc(C(=O)NCCCOCC(C)C)cc1. The van der Waals surface area contributed by atoms with Gasteiger partial charge < -0.3 is 15.4 Å². The Bertz CT molecular complexity index is 402. The number of ether oxygens (including phenoxy) is 1. The van der Waals surface area contributed by atoms with Crippen LogP contribution < -0.4 is 10.6 Å². The van der Waals surface area contributed by atoms with Crippen LogP contribution in [0.25, 0.3) is 0 Å². The first-order chi connectivity index (χ1) is 10.1. The van der Waals surface area contributed by atoms with Gasteiger partial charge in [-0.05, 0) is 43.0 Å². The van der Waals surface area contributed by atoms with Crippen molar-refractivity contribution in [2.45, 2.75) is 33.6 Å². The summed E-state index contributed by atoms with van der Waals surface area (Å²) >= 11 is 0. The standard InChI is InChI=1S/C17H28N2O2/c1-4-10-18-16-8-6-15(7-9-16)17(20)19-11-5-12-21-13-14(2)3/h6-9,14,18H,4-5,10-13H2,1-3H3,(H,19,20). The van der Waals surface area contributed by atoms with Crippen LogP contribution in [0.4, 0.5) is 5.69 Å². The van der Waals surface area contributed by atoms with E-state index in [2.05, 4.69) is 31.4 Å². The summed E-state index contributed by atoms with van der Waals surface area (Å²) in [5.41, 5.74) is 1.75. The third-order valence-corrected chi connectivity index (χ3v) is 2.93. The van der Waals surface area contributed by atoms with Gasteiger partial charge in [-0.3, -0.25) is 4.79 Å². The van der Waals surface area contributed by atoms with Crippen LogP contribution >= 0.6 is 0 Å². The average molecular weight is 292 g/mol. The van der Waals surface area contributed by atoms with Gasteiger partial charge in [-0.15, -0.1) is 0 Å². The van der Waals surface area contributed by atoms with Crippen LogP contribution in [0.5, 0.6) is 0 Å². The molecule has 0 fully saturated rings. The van der Waals surface area contributed by atoms with E-state index >= 15 is 0 Å². The van der Waals surface area contributed by atoms with Crippen LogP contribution in [0.1, 0.15) is 44.0 Å². The van der Waals surface area contributed by atoms with E-state index in [0.717, 1.165) is 31.7 Å². The summed E-state index contributed by atoms with van der Waals surface area (Å²) in [5, 5.41) is 6.20. The average Bonchev–Trinajstić information content (AvgIpc) is 2.48. The van der Waals surface area contributed by atoms with Crippen molar-refractivity contribution < 1.29 is 9.53 Å². The quantitative estimate of drug-likeness (QED) is 0.651. The van der Waals surface area contributed by atoms with Crippen molar-refractivity contribution in [3.8, 4) is 0 Å². The number of amides is 1. The molecule has 1 aromatic rings. The normalized spacial score (nSPS) is 10.7. The summed E-state index contributed by atoms with van der Waals surface area (Å²) < 4.78 is 5.48. The molecule has 1 amide bonds. The van der Waals surface area contributed by atoms with Crippen molar-refractivity contribution in [2.75, 3.05) is 31.6 Å². The molecule has 0 atom stereocenters. The fourth-order valence-corrected chi connectivity index (χ4v) is 1.81. The van der Waals surface area contributed by atoms with E-state index in [1.807, 2.05) is 24.3 Å². The maximum atomic E-state index is 11.9. The van der Waals surface area contributed by atoms with Gasteiger partial charge in [0.2, 0.25) is 0 Å². The van der Waals surface area contributed by atoms with Gasteiger partial charge in [0, 0.05) is 37.6 Å². The molecule has 1 aromatic carbocycles. The lowest BCUT2D eigenvalue weighted by atomic mass is 10.2. The molecule has 0 unspecified atom stereocenters. The van der Waals surface area contributed by atoms with E-state index in [0.29, 0.717) is 24.6 Å². The van der Waals surface area contributed by atoms with Gasteiger partial charge in [0.1, 0.15) is 0 Å². The molecule has 2 N–H and O–H groups in total. The van der Waals surface area contributed by atoms with Crippen molar-refractivity contribution in [2.24, 2.45) is 5.92 Å². The molecule has 118 valence electrons. The van der Waals surface area contributed by atoms with Crippen molar-refractivity contribution in [3.63, 3.8) is 0 Å². The topological polar surface area (TPSA) is 50.4 Å².